The van der Waals surface area contributed by atoms with Gasteiger partial charge in [-0.25, -0.2) is 4.98 Å². The molecule has 5 nitrogen and oxygen atoms in total. The van der Waals surface area contributed by atoms with Crippen LogP contribution in [0.2, 0.25) is 0 Å². The van der Waals surface area contributed by atoms with E-state index >= 15 is 0 Å². The molecule has 3 heterocycles. The molecule has 0 bridgehead atoms. The van der Waals surface area contributed by atoms with Crippen LogP contribution in [0.5, 0.6) is 0 Å². The minimum absolute atomic E-state index is 0.0225. The van der Waals surface area contributed by atoms with Crippen molar-refractivity contribution in [3.05, 3.63) is 21.9 Å². The van der Waals surface area contributed by atoms with Crippen LogP contribution in [-0.2, 0) is 9.53 Å². The molecule has 1 aliphatic rings. The maximum atomic E-state index is 12.1. The van der Waals surface area contributed by atoms with Crippen LogP contribution in [0.25, 0.3) is 10.6 Å². The number of amides is 1. The topological polar surface area (TPSA) is 63.2 Å². The summed E-state index contributed by atoms with van der Waals surface area (Å²) in [5.41, 5.74) is 0.970. The minimum atomic E-state index is -0.0225. The van der Waals surface area contributed by atoms with Crippen molar-refractivity contribution in [2.24, 2.45) is 0 Å². The number of hydrogen-bond donors (Lipinski definition) is 2. The number of thiophene rings is 1. The van der Waals surface area contributed by atoms with Gasteiger partial charge in [-0.3, -0.25) is 4.79 Å². The lowest BCUT2D eigenvalue weighted by Gasteiger charge is -2.22. The van der Waals surface area contributed by atoms with Gasteiger partial charge in [-0.05, 0) is 26.0 Å². The average molecular weight is 337 g/mol. The summed E-state index contributed by atoms with van der Waals surface area (Å²) in [6.45, 7) is 6.22. The van der Waals surface area contributed by atoms with Crippen molar-refractivity contribution in [1.82, 2.24) is 10.3 Å². The molecule has 3 rings (SSSR count). The molecule has 0 aromatic carbocycles. The second-order valence-electron chi connectivity index (χ2n) is 5.31. The van der Waals surface area contributed by atoms with Crippen molar-refractivity contribution in [2.75, 3.05) is 25.1 Å². The molecule has 1 atom stereocenters. The van der Waals surface area contributed by atoms with Gasteiger partial charge in [0.25, 0.3) is 0 Å². The zero-order valence-corrected chi connectivity index (χ0v) is 14.3. The van der Waals surface area contributed by atoms with Crippen LogP contribution in [0.15, 0.2) is 12.1 Å². The SMILES string of the molecule is Cc1ccc(-c2nc(NC(=O)CC3COCCN3)sc2C)s1. The zero-order valence-electron chi connectivity index (χ0n) is 12.6. The largest absolute Gasteiger partial charge is 0.378 e. The molecule has 7 heteroatoms. The Balaban J connectivity index is 1.64. The number of rotatable bonds is 4. The molecule has 2 N–H and O–H groups in total. The van der Waals surface area contributed by atoms with Crippen molar-refractivity contribution in [3.8, 4) is 10.6 Å². The van der Waals surface area contributed by atoms with E-state index in [4.69, 9.17) is 4.74 Å². The first-order valence-electron chi connectivity index (χ1n) is 7.27. The molecule has 1 saturated heterocycles. The molecule has 0 saturated carbocycles. The molecular formula is C15H19N3O2S2. The standard InChI is InChI=1S/C15H19N3O2S2/c1-9-3-4-12(21-9)14-10(2)22-15(18-14)17-13(19)7-11-8-20-6-5-16-11/h3-4,11,16H,5-8H2,1-2H3,(H,17,18,19). The fraction of sp³-hybridized carbons (Fsp3) is 0.467. The quantitative estimate of drug-likeness (QED) is 0.900. The molecule has 118 valence electrons. The first-order valence-corrected chi connectivity index (χ1v) is 8.90. The van der Waals surface area contributed by atoms with Crippen molar-refractivity contribution < 1.29 is 9.53 Å². The van der Waals surface area contributed by atoms with E-state index in [0.29, 0.717) is 24.8 Å². The number of aromatic nitrogens is 1. The number of anilines is 1. The van der Waals surface area contributed by atoms with Crippen molar-refractivity contribution >= 4 is 33.7 Å². The molecule has 1 fully saturated rings. The van der Waals surface area contributed by atoms with Crippen LogP contribution >= 0.6 is 22.7 Å². The van der Waals surface area contributed by atoms with Crippen LogP contribution in [-0.4, -0.2) is 36.7 Å². The molecule has 0 spiro atoms. The monoisotopic (exact) mass is 337 g/mol. The highest BCUT2D eigenvalue weighted by atomic mass is 32.1. The number of nitrogens with one attached hydrogen (secondary N) is 2. The first kappa shape index (κ1) is 15.6. The zero-order chi connectivity index (χ0) is 15.5. The maximum Gasteiger partial charge on any atom is 0.227 e. The number of morpholine rings is 1. The fourth-order valence-electron chi connectivity index (χ4n) is 2.39. The van der Waals surface area contributed by atoms with E-state index in [1.54, 1.807) is 11.3 Å². The molecule has 0 aliphatic carbocycles. The number of nitrogens with zero attached hydrogens (tertiary/aromatic N) is 1. The van der Waals surface area contributed by atoms with Gasteiger partial charge >= 0.3 is 0 Å². The molecule has 2 aromatic rings. The van der Waals surface area contributed by atoms with Gasteiger partial charge in [0.15, 0.2) is 5.13 Å². The molecule has 1 unspecified atom stereocenters. The van der Waals surface area contributed by atoms with Gasteiger partial charge in [-0.2, -0.15) is 0 Å². The predicted molar refractivity (Wildman–Crippen MR) is 90.8 cm³/mol. The summed E-state index contributed by atoms with van der Waals surface area (Å²) in [7, 11) is 0. The third kappa shape index (κ3) is 3.73. The predicted octanol–water partition coefficient (Wildman–Crippen LogP) is 2.81. The Morgan fingerprint density at radius 1 is 1.45 bits per heavy atom. The Morgan fingerprint density at radius 3 is 3.00 bits per heavy atom. The Hall–Kier alpha value is -1.28. The summed E-state index contributed by atoms with van der Waals surface area (Å²) in [6, 6.07) is 4.26. The summed E-state index contributed by atoms with van der Waals surface area (Å²) in [5.74, 6) is -0.0225. The number of carbonyl (C=O) groups excluding carboxylic acids is 1. The second kappa shape index (κ2) is 6.87. The Bertz CT molecular complexity index is 660. The lowest BCUT2D eigenvalue weighted by Crippen LogP contribution is -2.43. The van der Waals surface area contributed by atoms with E-state index in [0.717, 1.165) is 22.0 Å². The van der Waals surface area contributed by atoms with Crippen molar-refractivity contribution in [3.63, 3.8) is 0 Å². The van der Waals surface area contributed by atoms with E-state index in [-0.39, 0.29) is 11.9 Å². The number of thiazole rings is 1. The van der Waals surface area contributed by atoms with E-state index in [1.165, 1.54) is 16.2 Å². The highest BCUT2D eigenvalue weighted by Gasteiger charge is 2.18. The van der Waals surface area contributed by atoms with E-state index in [9.17, 15) is 4.79 Å². The summed E-state index contributed by atoms with van der Waals surface area (Å²) in [4.78, 5) is 20.2. The molecule has 1 aliphatic heterocycles. The Labute approximate surface area is 137 Å². The van der Waals surface area contributed by atoms with Gasteiger partial charge in [0, 0.05) is 28.8 Å². The van der Waals surface area contributed by atoms with E-state index in [1.807, 2.05) is 6.92 Å². The highest BCUT2D eigenvalue weighted by Crippen LogP contribution is 2.34. The third-order valence-electron chi connectivity index (χ3n) is 3.45. The third-order valence-corrected chi connectivity index (χ3v) is 5.34. The molecular weight excluding hydrogens is 318 g/mol. The minimum Gasteiger partial charge on any atom is -0.378 e. The van der Waals surface area contributed by atoms with Crippen LogP contribution in [0.1, 0.15) is 16.2 Å². The highest BCUT2D eigenvalue weighted by molar-refractivity contribution is 7.18. The van der Waals surface area contributed by atoms with Crippen LogP contribution in [0.4, 0.5) is 5.13 Å². The van der Waals surface area contributed by atoms with Gasteiger partial charge in [0.1, 0.15) is 0 Å². The molecule has 0 radical (unpaired) electrons. The van der Waals surface area contributed by atoms with Crippen molar-refractivity contribution in [2.45, 2.75) is 26.3 Å². The van der Waals surface area contributed by atoms with Gasteiger partial charge in [0.05, 0.1) is 23.8 Å². The van der Waals surface area contributed by atoms with Gasteiger partial charge in [0.2, 0.25) is 5.91 Å². The average Bonchev–Trinajstić information content (AvgIpc) is 3.06. The number of ether oxygens (including phenoxy) is 1. The maximum absolute atomic E-state index is 12.1. The summed E-state index contributed by atoms with van der Waals surface area (Å²) < 4.78 is 5.36. The first-order chi connectivity index (χ1) is 10.6. The lowest BCUT2D eigenvalue weighted by molar-refractivity contribution is -0.117. The number of hydrogen-bond acceptors (Lipinski definition) is 6. The van der Waals surface area contributed by atoms with E-state index < -0.39 is 0 Å². The normalized spacial score (nSPS) is 18.4. The van der Waals surface area contributed by atoms with Gasteiger partial charge < -0.3 is 15.4 Å². The van der Waals surface area contributed by atoms with E-state index in [2.05, 4.69) is 34.7 Å². The second-order valence-corrected chi connectivity index (χ2v) is 7.80. The lowest BCUT2D eigenvalue weighted by atomic mass is 10.2. The fourth-order valence-corrected chi connectivity index (χ4v) is 4.21. The van der Waals surface area contributed by atoms with Crippen LogP contribution in [0, 0.1) is 13.8 Å². The molecule has 1 amide bonds. The molecule has 2 aromatic heterocycles. The van der Waals surface area contributed by atoms with Gasteiger partial charge in [-0.15, -0.1) is 22.7 Å². The van der Waals surface area contributed by atoms with Crippen LogP contribution in [0.3, 0.4) is 0 Å². The van der Waals surface area contributed by atoms with Gasteiger partial charge in [-0.1, -0.05) is 0 Å². The molecule has 22 heavy (non-hydrogen) atoms. The van der Waals surface area contributed by atoms with Crippen LogP contribution < -0.4 is 10.6 Å². The summed E-state index contributed by atoms with van der Waals surface area (Å²) in [5, 5.41) is 6.85. The Morgan fingerprint density at radius 2 is 2.32 bits per heavy atom. The number of carbonyl (C=O) groups is 1. The van der Waals surface area contributed by atoms with Crippen molar-refractivity contribution in [1.29, 1.82) is 0 Å². The summed E-state index contributed by atoms with van der Waals surface area (Å²) in [6.07, 6.45) is 0.409. The smallest absolute Gasteiger partial charge is 0.227 e. The summed E-state index contributed by atoms with van der Waals surface area (Å²) >= 11 is 3.24. The Kier molecular flexibility index (Phi) is 4.87. The number of aryl methyl sites for hydroxylation is 2.